The quantitative estimate of drug-likeness (QED) is 0.808. The van der Waals surface area contributed by atoms with Crippen molar-refractivity contribution in [3.8, 4) is 0 Å². The lowest BCUT2D eigenvalue weighted by molar-refractivity contribution is -0.219. The molecule has 5 nitrogen and oxygen atoms in total. The van der Waals surface area contributed by atoms with E-state index in [1.807, 2.05) is 0 Å². The first-order valence-corrected chi connectivity index (χ1v) is 6.23. The summed E-state index contributed by atoms with van der Waals surface area (Å²) in [7, 11) is 0. The molecule has 128 valence electrons. The smallest absolute Gasteiger partial charge is 0.383 e. The Morgan fingerprint density at radius 1 is 1.22 bits per heavy atom. The van der Waals surface area contributed by atoms with Crippen LogP contribution in [0.5, 0.6) is 0 Å². The van der Waals surface area contributed by atoms with Crippen LogP contribution in [0.4, 0.5) is 32.0 Å². The Morgan fingerprint density at radius 3 is 2.35 bits per heavy atom. The molecule has 1 aromatic rings. The van der Waals surface area contributed by atoms with Crippen LogP contribution in [0.15, 0.2) is 23.4 Å². The molecule has 1 aliphatic rings. The number of rotatable bonds is 2. The standard InChI is InChI=1S/C12H11F6N3O2/c1-5-8(9(22)12(16,17)18)10(23)21(20-5)6-2-3-19-7(4-6)11(13,14)15/h2-4,8-10,22-23H,1H3. The second-order valence-corrected chi connectivity index (χ2v) is 4.91. The predicted molar refractivity (Wildman–Crippen MR) is 66.4 cm³/mol. The van der Waals surface area contributed by atoms with Crippen molar-refractivity contribution in [1.29, 1.82) is 0 Å². The topological polar surface area (TPSA) is 69.0 Å². The highest BCUT2D eigenvalue weighted by molar-refractivity contribution is 5.89. The highest BCUT2D eigenvalue weighted by atomic mass is 19.4. The molecule has 3 unspecified atom stereocenters. The van der Waals surface area contributed by atoms with Crippen LogP contribution in [0.25, 0.3) is 0 Å². The molecule has 23 heavy (non-hydrogen) atoms. The maximum Gasteiger partial charge on any atom is 0.433 e. The molecule has 0 saturated carbocycles. The van der Waals surface area contributed by atoms with Crippen molar-refractivity contribution in [2.75, 3.05) is 5.01 Å². The Hall–Kier alpha value is -1.88. The summed E-state index contributed by atoms with van der Waals surface area (Å²) < 4.78 is 75.7. The van der Waals surface area contributed by atoms with Crippen molar-refractivity contribution in [2.45, 2.75) is 31.6 Å². The number of aliphatic hydroxyl groups is 2. The number of aromatic nitrogens is 1. The van der Waals surface area contributed by atoms with Crippen molar-refractivity contribution < 1.29 is 36.6 Å². The summed E-state index contributed by atoms with van der Waals surface area (Å²) in [5.74, 6) is -1.81. The van der Waals surface area contributed by atoms with Gasteiger partial charge in [0.15, 0.2) is 12.3 Å². The van der Waals surface area contributed by atoms with Gasteiger partial charge in [-0.2, -0.15) is 31.4 Å². The SMILES string of the molecule is CC1=NN(c2ccnc(C(F)(F)F)c2)C(O)C1C(O)C(F)(F)F. The van der Waals surface area contributed by atoms with Gasteiger partial charge >= 0.3 is 12.4 Å². The molecule has 0 radical (unpaired) electrons. The summed E-state index contributed by atoms with van der Waals surface area (Å²) in [4.78, 5) is 3.11. The minimum absolute atomic E-state index is 0.257. The predicted octanol–water partition coefficient (Wildman–Crippen LogP) is 2.15. The van der Waals surface area contributed by atoms with Gasteiger partial charge in [-0.05, 0) is 19.1 Å². The number of pyridine rings is 1. The number of halogens is 6. The Kier molecular flexibility index (Phi) is 4.28. The Bertz CT molecular complexity index is 616. The van der Waals surface area contributed by atoms with Gasteiger partial charge in [0.2, 0.25) is 0 Å². The summed E-state index contributed by atoms with van der Waals surface area (Å²) in [6, 6.07) is 1.60. The number of nitrogens with zero attached hydrogens (tertiary/aromatic N) is 3. The molecule has 11 heteroatoms. The Morgan fingerprint density at radius 2 is 1.83 bits per heavy atom. The van der Waals surface area contributed by atoms with Crippen LogP contribution in [0.3, 0.4) is 0 Å². The summed E-state index contributed by atoms with van der Waals surface area (Å²) >= 11 is 0. The molecular weight excluding hydrogens is 332 g/mol. The molecule has 0 bridgehead atoms. The number of hydrazone groups is 1. The summed E-state index contributed by atoms with van der Waals surface area (Å²) in [5.41, 5.74) is -1.83. The van der Waals surface area contributed by atoms with E-state index in [-0.39, 0.29) is 11.4 Å². The molecule has 1 aliphatic heterocycles. The first-order valence-electron chi connectivity index (χ1n) is 6.23. The number of anilines is 1. The fourth-order valence-corrected chi connectivity index (χ4v) is 2.19. The van der Waals surface area contributed by atoms with Crippen LogP contribution in [0, 0.1) is 5.92 Å². The first-order chi connectivity index (χ1) is 10.4. The van der Waals surface area contributed by atoms with Gasteiger partial charge in [-0.3, -0.25) is 4.98 Å². The third-order valence-electron chi connectivity index (χ3n) is 3.29. The van der Waals surface area contributed by atoms with Gasteiger partial charge in [0.05, 0.1) is 11.6 Å². The molecular formula is C12H11F6N3O2. The van der Waals surface area contributed by atoms with E-state index in [0.717, 1.165) is 19.2 Å². The largest absolute Gasteiger partial charge is 0.433 e. The minimum Gasteiger partial charge on any atom is -0.383 e. The van der Waals surface area contributed by atoms with Crippen LogP contribution in [-0.4, -0.2) is 39.4 Å². The van der Waals surface area contributed by atoms with Crippen molar-refractivity contribution >= 4 is 11.4 Å². The number of hydrogen-bond acceptors (Lipinski definition) is 5. The highest BCUT2D eigenvalue weighted by Gasteiger charge is 2.51. The Labute approximate surface area is 125 Å². The van der Waals surface area contributed by atoms with Crippen LogP contribution in [0.1, 0.15) is 12.6 Å². The maximum absolute atomic E-state index is 12.6. The molecule has 2 heterocycles. The molecule has 0 spiro atoms. The first kappa shape index (κ1) is 17.5. The lowest BCUT2D eigenvalue weighted by Gasteiger charge is -2.27. The zero-order chi connectivity index (χ0) is 17.6. The average molecular weight is 343 g/mol. The normalized spacial score (nSPS) is 23.9. The minimum atomic E-state index is -5.01. The van der Waals surface area contributed by atoms with Crippen LogP contribution in [0.2, 0.25) is 0 Å². The summed E-state index contributed by atoms with van der Waals surface area (Å²) in [6.45, 7) is 1.13. The van der Waals surface area contributed by atoms with Gasteiger partial charge in [-0.25, -0.2) is 5.01 Å². The third kappa shape index (κ3) is 3.39. The molecule has 0 aliphatic carbocycles. The molecule has 0 aromatic carbocycles. The molecule has 2 rings (SSSR count). The molecule has 0 amide bonds. The van der Waals surface area contributed by atoms with Crippen molar-refractivity contribution in [3.05, 3.63) is 24.0 Å². The number of hydrogen-bond donors (Lipinski definition) is 2. The van der Waals surface area contributed by atoms with E-state index < -0.39 is 36.3 Å². The van der Waals surface area contributed by atoms with E-state index in [2.05, 4.69) is 10.1 Å². The van der Waals surface area contributed by atoms with Crippen molar-refractivity contribution in [1.82, 2.24) is 4.98 Å². The summed E-state index contributed by atoms with van der Waals surface area (Å²) in [5, 5.41) is 23.5. The van der Waals surface area contributed by atoms with Gasteiger partial charge in [0, 0.05) is 11.9 Å². The molecule has 1 aromatic heterocycles. The highest BCUT2D eigenvalue weighted by Crippen LogP contribution is 2.36. The monoisotopic (exact) mass is 343 g/mol. The van der Waals surface area contributed by atoms with Gasteiger partial charge in [-0.15, -0.1) is 0 Å². The van der Waals surface area contributed by atoms with E-state index in [1.54, 1.807) is 0 Å². The Balaban J connectivity index is 2.33. The molecule has 0 saturated heterocycles. The van der Waals surface area contributed by atoms with Crippen LogP contribution < -0.4 is 5.01 Å². The lowest BCUT2D eigenvalue weighted by Crippen LogP contribution is -2.46. The third-order valence-corrected chi connectivity index (χ3v) is 3.29. The zero-order valence-corrected chi connectivity index (χ0v) is 11.5. The lowest BCUT2D eigenvalue weighted by atomic mass is 9.96. The zero-order valence-electron chi connectivity index (χ0n) is 11.5. The molecule has 0 fully saturated rings. The maximum atomic E-state index is 12.6. The molecule has 3 atom stereocenters. The van der Waals surface area contributed by atoms with Crippen molar-refractivity contribution in [3.63, 3.8) is 0 Å². The summed E-state index contributed by atoms with van der Waals surface area (Å²) in [6.07, 6.45) is -13.8. The van der Waals surface area contributed by atoms with Crippen LogP contribution in [-0.2, 0) is 6.18 Å². The van der Waals surface area contributed by atoms with E-state index in [4.69, 9.17) is 0 Å². The number of aliphatic hydroxyl groups excluding tert-OH is 2. The van der Waals surface area contributed by atoms with Gasteiger partial charge < -0.3 is 10.2 Å². The second kappa shape index (κ2) is 5.64. The van der Waals surface area contributed by atoms with E-state index in [0.29, 0.717) is 11.1 Å². The van der Waals surface area contributed by atoms with Crippen molar-refractivity contribution in [2.24, 2.45) is 11.0 Å². The van der Waals surface area contributed by atoms with E-state index >= 15 is 0 Å². The van der Waals surface area contributed by atoms with E-state index in [1.165, 1.54) is 0 Å². The van der Waals surface area contributed by atoms with Gasteiger partial charge in [0.25, 0.3) is 0 Å². The number of alkyl halides is 6. The van der Waals surface area contributed by atoms with Gasteiger partial charge in [-0.1, -0.05) is 0 Å². The second-order valence-electron chi connectivity index (χ2n) is 4.91. The van der Waals surface area contributed by atoms with E-state index in [9.17, 15) is 36.6 Å². The fraction of sp³-hybridized carbons (Fsp3) is 0.500. The molecule has 2 N–H and O–H groups in total. The van der Waals surface area contributed by atoms with Gasteiger partial charge in [0.1, 0.15) is 5.69 Å². The fourth-order valence-electron chi connectivity index (χ4n) is 2.19. The van der Waals surface area contributed by atoms with Crippen LogP contribution >= 0.6 is 0 Å². The average Bonchev–Trinajstić information content (AvgIpc) is 2.71.